The van der Waals surface area contributed by atoms with Gasteiger partial charge in [-0.3, -0.25) is 9.36 Å². The molecule has 1 aliphatic heterocycles. The van der Waals surface area contributed by atoms with Crippen LogP contribution in [0.3, 0.4) is 0 Å². The molecule has 0 saturated carbocycles. The Morgan fingerprint density at radius 2 is 1.67 bits per heavy atom. The normalized spacial score (nSPS) is 14.3. The first-order chi connectivity index (χ1) is 14.7. The molecule has 150 valence electrons. The van der Waals surface area contributed by atoms with E-state index in [0.29, 0.717) is 29.6 Å². The second-order valence-electron chi connectivity index (χ2n) is 7.09. The fraction of sp³-hybridized carbons (Fsp3) is 0.182. The van der Waals surface area contributed by atoms with Crippen LogP contribution in [-0.2, 0) is 0 Å². The van der Waals surface area contributed by atoms with Crippen molar-refractivity contribution in [2.75, 3.05) is 31.1 Å². The molecule has 0 N–H and O–H groups in total. The highest BCUT2D eigenvalue weighted by molar-refractivity contribution is 6.30. The molecule has 0 radical (unpaired) electrons. The van der Waals surface area contributed by atoms with Gasteiger partial charge in [0.2, 0.25) is 5.95 Å². The van der Waals surface area contributed by atoms with Crippen LogP contribution in [0.15, 0.2) is 67.3 Å². The minimum Gasteiger partial charge on any atom is -0.353 e. The number of para-hydroxylation sites is 1. The van der Waals surface area contributed by atoms with Gasteiger partial charge >= 0.3 is 0 Å². The standard InChI is InChI=1S/C22H19ClN6O/c23-16-6-7-20(26-14-16)27-10-12-28(13-11-27)21(30)18-15-29(22-24-8-3-9-25-22)19-5-2-1-4-17(18)19/h1-9,14-15H,10-13H2. The Labute approximate surface area is 178 Å². The molecule has 4 aromatic rings. The largest absolute Gasteiger partial charge is 0.353 e. The summed E-state index contributed by atoms with van der Waals surface area (Å²) in [4.78, 5) is 30.5. The van der Waals surface area contributed by atoms with Crippen molar-refractivity contribution in [3.8, 4) is 5.95 Å². The van der Waals surface area contributed by atoms with Gasteiger partial charge < -0.3 is 9.80 Å². The van der Waals surface area contributed by atoms with Gasteiger partial charge in [0.15, 0.2) is 0 Å². The van der Waals surface area contributed by atoms with Crippen molar-refractivity contribution in [1.82, 2.24) is 24.4 Å². The number of carbonyl (C=O) groups is 1. The minimum atomic E-state index is 0.0181. The van der Waals surface area contributed by atoms with Gasteiger partial charge in [-0.15, -0.1) is 0 Å². The SMILES string of the molecule is O=C(c1cn(-c2ncccn2)c2ccccc12)N1CCN(c2ccc(Cl)cn2)CC1. The lowest BCUT2D eigenvalue weighted by Crippen LogP contribution is -2.49. The number of carbonyl (C=O) groups excluding carboxylic acids is 1. The number of nitrogens with zero attached hydrogens (tertiary/aromatic N) is 6. The molecule has 0 aliphatic carbocycles. The summed E-state index contributed by atoms with van der Waals surface area (Å²) in [6.07, 6.45) is 6.88. The predicted molar refractivity (Wildman–Crippen MR) is 116 cm³/mol. The van der Waals surface area contributed by atoms with Crippen LogP contribution < -0.4 is 4.90 Å². The average Bonchev–Trinajstić information content (AvgIpc) is 3.20. The second-order valence-corrected chi connectivity index (χ2v) is 7.53. The zero-order valence-electron chi connectivity index (χ0n) is 16.1. The van der Waals surface area contributed by atoms with Gasteiger partial charge in [0.05, 0.1) is 16.1 Å². The number of amides is 1. The minimum absolute atomic E-state index is 0.0181. The maximum Gasteiger partial charge on any atom is 0.256 e. The number of halogens is 1. The quantitative estimate of drug-likeness (QED) is 0.510. The topological polar surface area (TPSA) is 67.2 Å². The number of benzene rings is 1. The number of aromatic nitrogens is 4. The number of rotatable bonds is 3. The summed E-state index contributed by atoms with van der Waals surface area (Å²) < 4.78 is 1.87. The Bertz CT molecular complexity index is 1180. The van der Waals surface area contributed by atoms with Gasteiger partial charge in [-0.1, -0.05) is 29.8 Å². The molecule has 1 aromatic carbocycles. The first-order valence-corrected chi connectivity index (χ1v) is 10.1. The molecule has 0 bridgehead atoms. The van der Waals surface area contributed by atoms with Crippen LogP contribution in [-0.4, -0.2) is 56.5 Å². The summed E-state index contributed by atoms with van der Waals surface area (Å²) in [5.41, 5.74) is 1.58. The Kier molecular flexibility index (Phi) is 4.80. The molecule has 8 heteroatoms. The van der Waals surface area contributed by atoms with Gasteiger partial charge in [0, 0.05) is 56.4 Å². The Balaban J connectivity index is 1.40. The van der Waals surface area contributed by atoms with Gasteiger partial charge in [0.1, 0.15) is 5.82 Å². The van der Waals surface area contributed by atoms with E-state index in [1.807, 2.05) is 52.1 Å². The molecule has 1 fully saturated rings. The van der Waals surface area contributed by atoms with Gasteiger partial charge in [-0.2, -0.15) is 0 Å². The molecule has 1 amide bonds. The van der Waals surface area contributed by atoms with E-state index in [9.17, 15) is 4.79 Å². The van der Waals surface area contributed by atoms with Crippen molar-refractivity contribution in [3.05, 3.63) is 77.8 Å². The number of hydrogen-bond donors (Lipinski definition) is 0. The number of fused-ring (bicyclic) bond motifs is 1. The monoisotopic (exact) mass is 418 g/mol. The van der Waals surface area contributed by atoms with E-state index in [1.54, 1.807) is 24.7 Å². The van der Waals surface area contributed by atoms with Crippen molar-refractivity contribution in [2.45, 2.75) is 0 Å². The molecular weight excluding hydrogens is 400 g/mol. The summed E-state index contributed by atoms with van der Waals surface area (Å²) in [5, 5.41) is 1.52. The summed E-state index contributed by atoms with van der Waals surface area (Å²) in [5.74, 6) is 1.44. The van der Waals surface area contributed by atoms with Gasteiger partial charge in [0.25, 0.3) is 5.91 Å². The summed E-state index contributed by atoms with van der Waals surface area (Å²) >= 11 is 5.93. The Morgan fingerprint density at radius 3 is 2.40 bits per heavy atom. The van der Waals surface area contributed by atoms with Gasteiger partial charge in [-0.05, 0) is 24.3 Å². The third kappa shape index (κ3) is 3.37. The van der Waals surface area contributed by atoms with Gasteiger partial charge in [-0.25, -0.2) is 15.0 Å². The molecule has 3 aromatic heterocycles. The molecule has 7 nitrogen and oxygen atoms in total. The second kappa shape index (κ2) is 7.76. The van der Waals surface area contributed by atoms with E-state index in [-0.39, 0.29) is 5.91 Å². The average molecular weight is 419 g/mol. The molecule has 0 atom stereocenters. The van der Waals surface area contributed by atoms with E-state index < -0.39 is 0 Å². The van der Waals surface area contributed by atoms with Crippen molar-refractivity contribution in [1.29, 1.82) is 0 Å². The van der Waals surface area contributed by atoms with Crippen molar-refractivity contribution in [2.24, 2.45) is 0 Å². The predicted octanol–water partition coefficient (Wildman–Crippen LogP) is 3.43. The van der Waals surface area contributed by atoms with Crippen LogP contribution in [0, 0.1) is 0 Å². The zero-order chi connectivity index (χ0) is 20.5. The summed E-state index contributed by atoms with van der Waals surface area (Å²) in [6.45, 7) is 2.70. The summed E-state index contributed by atoms with van der Waals surface area (Å²) in [6, 6.07) is 13.4. The smallest absolute Gasteiger partial charge is 0.256 e. The van der Waals surface area contributed by atoms with E-state index in [1.165, 1.54) is 0 Å². The lowest BCUT2D eigenvalue weighted by molar-refractivity contribution is 0.0748. The molecule has 30 heavy (non-hydrogen) atoms. The van der Waals surface area contributed by atoms with Crippen molar-refractivity contribution < 1.29 is 4.79 Å². The highest BCUT2D eigenvalue weighted by Crippen LogP contribution is 2.25. The van der Waals surface area contributed by atoms with E-state index >= 15 is 0 Å². The maximum atomic E-state index is 13.4. The molecule has 5 rings (SSSR count). The Hall–Kier alpha value is -3.45. The maximum absolute atomic E-state index is 13.4. The number of piperazine rings is 1. The first kappa shape index (κ1) is 18.6. The third-order valence-corrected chi connectivity index (χ3v) is 5.54. The number of pyridine rings is 1. The van der Waals surface area contributed by atoms with Crippen LogP contribution in [0.1, 0.15) is 10.4 Å². The molecule has 0 spiro atoms. The first-order valence-electron chi connectivity index (χ1n) is 9.74. The molecule has 1 saturated heterocycles. The highest BCUT2D eigenvalue weighted by atomic mass is 35.5. The third-order valence-electron chi connectivity index (χ3n) is 5.31. The molecule has 4 heterocycles. The molecular formula is C22H19ClN6O. The fourth-order valence-corrected chi connectivity index (χ4v) is 3.91. The van der Waals surface area contributed by atoms with Crippen LogP contribution in [0.5, 0.6) is 0 Å². The van der Waals surface area contributed by atoms with Crippen LogP contribution in [0.25, 0.3) is 16.9 Å². The Morgan fingerprint density at radius 1 is 0.900 bits per heavy atom. The highest BCUT2D eigenvalue weighted by Gasteiger charge is 2.25. The van der Waals surface area contributed by atoms with E-state index in [2.05, 4.69) is 19.9 Å². The van der Waals surface area contributed by atoms with Crippen LogP contribution >= 0.6 is 11.6 Å². The summed E-state index contributed by atoms with van der Waals surface area (Å²) in [7, 11) is 0. The number of anilines is 1. The lowest BCUT2D eigenvalue weighted by atomic mass is 10.1. The fourth-order valence-electron chi connectivity index (χ4n) is 3.80. The van der Waals surface area contributed by atoms with Crippen molar-refractivity contribution in [3.63, 3.8) is 0 Å². The van der Waals surface area contributed by atoms with E-state index in [4.69, 9.17) is 11.6 Å². The number of hydrogen-bond acceptors (Lipinski definition) is 5. The van der Waals surface area contributed by atoms with Crippen LogP contribution in [0.2, 0.25) is 5.02 Å². The molecule has 1 aliphatic rings. The van der Waals surface area contributed by atoms with Crippen molar-refractivity contribution >= 4 is 34.2 Å². The molecule has 0 unspecified atom stereocenters. The van der Waals surface area contributed by atoms with E-state index in [0.717, 1.165) is 29.8 Å². The lowest BCUT2D eigenvalue weighted by Gasteiger charge is -2.35. The zero-order valence-corrected chi connectivity index (χ0v) is 16.9. The van der Waals surface area contributed by atoms with Crippen LogP contribution in [0.4, 0.5) is 5.82 Å².